The van der Waals surface area contributed by atoms with Gasteiger partial charge in [-0.25, -0.2) is 0 Å². The molecule has 1 rings (SSSR count). The Morgan fingerprint density at radius 2 is 2.19 bits per heavy atom. The van der Waals surface area contributed by atoms with Crippen LogP contribution >= 0.6 is 11.3 Å². The Morgan fingerprint density at radius 3 is 2.69 bits per heavy atom. The molecule has 0 atom stereocenters. The smallest absolute Gasteiger partial charge is 0.352 e. The van der Waals surface area contributed by atoms with Gasteiger partial charge in [-0.1, -0.05) is 0 Å². The van der Waals surface area contributed by atoms with Crippen LogP contribution in [0, 0.1) is 0 Å². The number of nitrogens with two attached hydrogens (primary N) is 1. The van der Waals surface area contributed by atoms with E-state index in [0.29, 0.717) is 30.8 Å². The fraction of sp³-hybridized carbons (Fsp3) is 0.444. The van der Waals surface area contributed by atoms with Gasteiger partial charge in [-0.2, -0.15) is 13.2 Å². The number of thiophene rings is 1. The topological polar surface area (TPSA) is 55.1 Å². The van der Waals surface area contributed by atoms with Gasteiger partial charge in [-0.15, -0.1) is 11.3 Å². The molecule has 0 radical (unpaired) electrons. The summed E-state index contributed by atoms with van der Waals surface area (Å²) in [6.45, 7) is 0.796. The average Bonchev–Trinajstić information content (AvgIpc) is 2.66. The highest BCUT2D eigenvalue weighted by Gasteiger charge is 2.32. The quantitative estimate of drug-likeness (QED) is 0.803. The molecule has 0 bridgehead atoms. The molecule has 90 valence electrons. The Hall–Kier alpha value is -1.08. The van der Waals surface area contributed by atoms with Crippen molar-refractivity contribution in [3.05, 3.63) is 21.9 Å². The molecule has 0 saturated heterocycles. The third-order valence-corrected chi connectivity index (χ3v) is 2.78. The second-order valence-electron chi connectivity index (χ2n) is 3.10. The summed E-state index contributed by atoms with van der Waals surface area (Å²) in [6, 6.07) is 0.850. The Balaban J connectivity index is 2.60. The molecule has 0 aromatic carbocycles. The zero-order chi connectivity index (χ0) is 12.2. The predicted octanol–water partition coefficient (Wildman–Crippen LogP) is 1.85. The van der Waals surface area contributed by atoms with Crippen LogP contribution in [0.3, 0.4) is 0 Å². The van der Waals surface area contributed by atoms with Gasteiger partial charge < -0.3 is 11.1 Å². The first-order valence-corrected chi connectivity index (χ1v) is 5.47. The summed E-state index contributed by atoms with van der Waals surface area (Å²) >= 11 is 0.514. The van der Waals surface area contributed by atoms with Crippen molar-refractivity contribution >= 4 is 17.2 Å². The molecular weight excluding hydrogens is 241 g/mol. The van der Waals surface area contributed by atoms with Crippen LogP contribution in [0.5, 0.6) is 0 Å². The summed E-state index contributed by atoms with van der Waals surface area (Å²) in [5, 5.41) is 3.68. The first-order valence-electron chi connectivity index (χ1n) is 4.59. The van der Waals surface area contributed by atoms with Crippen molar-refractivity contribution in [2.75, 3.05) is 13.1 Å². The van der Waals surface area contributed by atoms with Crippen LogP contribution in [0.2, 0.25) is 0 Å². The van der Waals surface area contributed by atoms with E-state index in [-0.39, 0.29) is 5.56 Å². The van der Waals surface area contributed by atoms with E-state index in [9.17, 15) is 18.0 Å². The second kappa shape index (κ2) is 5.31. The van der Waals surface area contributed by atoms with Crippen molar-refractivity contribution in [2.45, 2.75) is 12.6 Å². The third-order valence-electron chi connectivity index (χ3n) is 1.81. The van der Waals surface area contributed by atoms with Crippen molar-refractivity contribution < 1.29 is 18.0 Å². The lowest BCUT2D eigenvalue weighted by Crippen LogP contribution is -2.25. The van der Waals surface area contributed by atoms with Crippen molar-refractivity contribution in [1.82, 2.24) is 5.32 Å². The van der Waals surface area contributed by atoms with E-state index < -0.39 is 17.0 Å². The molecule has 0 aliphatic rings. The lowest BCUT2D eigenvalue weighted by Gasteiger charge is -2.02. The van der Waals surface area contributed by atoms with Crippen molar-refractivity contribution in [3.8, 4) is 0 Å². The normalized spacial score (nSPS) is 11.5. The maximum absolute atomic E-state index is 12.2. The first kappa shape index (κ1) is 13.0. The number of amides is 1. The zero-order valence-electron chi connectivity index (χ0n) is 8.30. The summed E-state index contributed by atoms with van der Waals surface area (Å²) in [7, 11) is 0. The van der Waals surface area contributed by atoms with Gasteiger partial charge in [0.15, 0.2) is 0 Å². The minimum atomic E-state index is -4.39. The maximum Gasteiger partial charge on any atom is 0.425 e. The lowest BCUT2D eigenvalue weighted by atomic mass is 10.3. The predicted molar refractivity (Wildman–Crippen MR) is 55.3 cm³/mol. The van der Waals surface area contributed by atoms with Crippen LogP contribution in [0.15, 0.2) is 11.4 Å². The summed E-state index contributed by atoms with van der Waals surface area (Å²) in [5.41, 5.74) is 5.25. The van der Waals surface area contributed by atoms with Crippen LogP contribution in [-0.2, 0) is 6.18 Å². The van der Waals surface area contributed by atoms with Crippen molar-refractivity contribution in [1.29, 1.82) is 0 Å². The van der Waals surface area contributed by atoms with Gasteiger partial charge in [-0.3, -0.25) is 4.79 Å². The molecular formula is C9H11F3N2OS. The molecule has 0 fully saturated rings. The van der Waals surface area contributed by atoms with E-state index in [2.05, 4.69) is 5.32 Å². The largest absolute Gasteiger partial charge is 0.425 e. The summed E-state index contributed by atoms with van der Waals surface area (Å²) < 4.78 is 36.7. The standard InChI is InChI=1S/C9H11F3N2OS/c10-9(11,12)7-4-6(5-16-7)8(15)14-3-1-2-13/h4-5H,1-3,13H2,(H,14,15). The van der Waals surface area contributed by atoms with E-state index >= 15 is 0 Å². The molecule has 3 nitrogen and oxygen atoms in total. The summed E-state index contributed by atoms with van der Waals surface area (Å²) in [5.74, 6) is -0.500. The Labute approximate surface area is 94.4 Å². The fourth-order valence-electron chi connectivity index (χ4n) is 1.01. The highest BCUT2D eigenvalue weighted by Crippen LogP contribution is 2.33. The molecule has 7 heteroatoms. The minimum absolute atomic E-state index is 0.0364. The van der Waals surface area contributed by atoms with Gasteiger partial charge in [0.25, 0.3) is 5.91 Å². The number of hydrogen-bond donors (Lipinski definition) is 2. The van der Waals surface area contributed by atoms with Crippen LogP contribution in [0.4, 0.5) is 13.2 Å². The Bertz CT molecular complexity index is 362. The Morgan fingerprint density at radius 1 is 1.50 bits per heavy atom. The molecule has 0 aliphatic heterocycles. The molecule has 0 unspecified atom stereocenters. The van der Waals surface area contributed by atoms with E-state index in [4.69, 9.17) is 5.73 Å². The highest BCUT2D eigenvalue weighted by molar-refractivity contribution is 7.10. The van der Waals surface area contributed by atoms with E-state index in [1.165, 1.54) is 5.38 Å². The van der Waals surface area contributed by atoms with Gasteiger partial charge in [0.05, 0.1) is 5.56 Å². The van der Waals surface area contributed by atoms with E-state index in [1.807, 2.05) is 0 Å². The molecule has 1 aromatic rings. The SMILES string of the molecule is NCCCNC(=O)c1csc(C(F)(F)F)c1. The number of hydrogen-bond acceptors (Lipinski definition) is 3. The highest BCUT2D eigenvalue weighted by atomic mass is 32.1. The molecule has 16 heavy (non-hydrogen) atoms. The number of carbonyl (C=O) groups is 1. The van der Waals surface area contributed by atoms with Gasteiger partial charge in [0, 0.05) is 11.9 Å². The third kappa shape index (κ3) is 3.49. The monoisotopic (exact) mass is 252 g/mol. The van der Waals surface area contributed by atoms with Crippen LogP contribution in [-0.4, -0.2) is 19.0 Å². The molecule has 0 saturated carbocycles. The van der Waals surface area contributed by atoms with Crippen molar-refractivity contribution in [2.24, 2.45) is 5.73 Å². The van der Waals surface area contributed by atoms with Crippen molar-refractivity contribution in [3.63, 3.8) is 0 Å². The first-order chi connectivity index (χ1) is 7.45. The summed E-state index contributed by atoms with van der Waals surface area (Å²) in [4.78, 5) is 10.6. The van der Waals surface area contributed by atoms with Crippen LogP contribution in [0.25, 0.3) is 0 Å². The van der Waals surface area contributed by atoms with Gasteiger partial charge in [0.1, 0.15) is 4.88 Å². The average molecular weight is 252 g/mol. The molecule has 0 aliphatic carbocycles. The van der Waals surface area contributed by atoms with Crippen LogP contribution < -0.4 is 11.1 Å². The number of halogens is 3. The Kier molecular flexibility index (Phi) is 4.31. The molecule has 1 heterocycles. The molecule has 1 amide bonds. The molecule has 3 N–H and O–H groups in total. The minimum Gasteiger partial charge on any atom is -0.352 e. The second-order valence-corrected chi connectivity index (χ2v) is 4.01. The van der Waals surface area contributed by atoms with Gasteiger partial charge in [0.2, 0.25) is 0 Å². The molecule has 1 aromatic heterocycles. The molecule has 0 spiro atoms. The lowest BCUT2D eigenvalue weighted by molar-refractivity contribution is -0.134. The number of carbonyl (C=O) groups excluding carboxylic acids is 1. The van der Waals surface area contributed by atoms with Crippen LogP contribution in [0.1, 0.15) is 21.7 Å². The zero-order valence-corrected chi connectivity index (χ0v) is 9.12. The fourth-order valence-corrected chi connectivity index (χ4v) is 1.77. The summed E-state index contributed by atoms with van der Waals surface area (Å²) in [6.07, 6.45) is -3.79. The van der Waals surface area contributed by atoms with Gasteiger partial charge >= 0.3 is 6.18 Å². The van der Waals surface area contributed by atoms with E-state index in [0.717, 1.165) is 6.07 Å². The van der Waals surface area contributed by atoms with Gasteiger partial charge in [-0.05, 0) is 19.0 Å². The maximum atomic E-state index is 12.2. The number of alkyl halides is 3. The van der Waals surface area contributed by atoms with E-state index in [1.54, 1.807) is 0 Å². The number of rotatable bonds is 4. The number of nitrogens with one attached hydrogen (secondary N) is 1.